The summed E-state index contributed by atoms with van der Waals surface area (Å²) in [6.45, 7) is 1.48. The molecule has 0 radical (unpaired) electrons. The molecule has 3 saturated heterocycles. The third-order valence-electron chi connectivity index (χ3n) is 15.4. The van der Waals surface area contributed by atoms with Gasteiger partial charge in [-0.05, 0) is 70.6 Å². The molecule has 0 saturated carbocycles. The first-order valence-corrected chi connectivity index (χ1v) is 31.8. The minimum Gasteiger partial charge on any atom is -0.394 e. The molecule has 0 aliphatic carbocycles. The van der Waals surface area contributed by atoms with Crippen LogP contribution in [0.2, 0.25) is 0 Å². The summed E-state index contributed by atoms with van der Waals surface area (Å²) in [5, 5.41) is 120. The van der Waals surface area contributed by atoms with Crippen LogP contribution in [0.5, 0.6) is 0 Å². The van der Waals surface area contributed by atoms with Crippen LogP contribution in [0.25, 0.3) is 0 Å². The minimum atomic E-state index is -1.98. The maximum atomic E-state index is 13.3. The van der Waals surface area contributed by atoms with Crippen LogP contribution >= 0.6 is 0 Å². The number of rotatable bonds is 46. The van der Waals surface area contributed by atoms with E-state index >= 15 is 0 Å². The summed E-state index contributed by atoms with van der Waals surface area (Å²) in [4.78, 5) is 13.3. The lowest BCUT2D eigenvalue weighted by Crippen LogP contribution is -2.66. The first-order valence-electron chi connectivity index (χ1n) is 31.8. The maximum absolute atomic E-state index is 13.3. The van der Waals surface area contributed by atoms with Crippen molar-refractivity contribution in [2.75, 3.05) is 26.4 Å². The number of allylic oxidation sites excluding steroid dienone is 13. The van der Waals surface area contributed by atoms with E-state index in [1.54, 1.807) is 6.08 Å². The van der Waals surface area contributed by atoms with Crippen molar-refractivity contribution in [1.29, 1.82) is 0 Å². The van der Waals surface area contributed by atoms with E-state index in [4.69, 9.17) is 28.4 Å². The Morgan fingerprint density at radius 2 is 0.833 bits per heavy atom. The molecule has 0 aromatic carbocycles. The van der Waals surface area contributed by atoms with Crippen LogP contribution in [-0.2, 0) is 33.2 Å². The van der Waals surface area contributed by atoms with Gasteiger partial charge in [0.2, 0.25) is 5.91 Å². The van der Waals surface area contributed by atoms with Crippen LogP contribution in [0.4, 0.5) is 0 Å². The van der Waals surface area contributed by atoms with Crippen molar-refractivity contribution in [2.45, 2.75) is 291 Å². The van der Waals surface area contributed by atoms with E-state index in [1.807, 2.05) is 6.08 Å². The average molecular weight is 1190 g/mol. The topological polar surface area (TPSA) is 307 Å². The second-order valence-corrected chi connectivity index (χ2v) is 22.5. The molecule has 484 valence electrons. The van der Waals surface area contributed by atoms with E-state index in [2.05, 4.69) is 92.1 Å². The Hall–Kier alpha value is -3.03. The number of aliphatic hydroxyl groups is 11. The van der Waals surface area contributed by atoms with E-state index in [9.17, 15) is 61.0 Å². The molecule has 1 amide bonds. The molecule has 19 heteroatoms. The van der Waals surface area contributed by atoms with Crippen LogP contribution in [0.1, 0.15) is 187 Å². The predicted octanol–water partition coefficient (Wildman–Crippen LogP) is 6.76. The number of amides is 1. The smallest absolute Gasteiger partial charge is 0.220 e. The van der Waals surface area contributed by atoms with Gasteiger partial charge in [0.15, 0.2) is 18.9 Å². The monoisotopic (exact) mass is 1190 g/mol. The SMILES string of the molecule is CC/C=C\C/C=C\C/C=C\C/C=C\C/C=C\CCCCCCCCCCCCCCCCCC(=O)NC(COC1OC(CO)C(OC2OC(CO)C(OC3OC(CO)C(O)C(O)C3O)C(O)C2O)C(O)C1O)C(O)/C=C/CC/C=C/CCCC. The second-order valence-electron chi connectivity index (χ2n) is 22.5. The van der Waals surface area contributed by atoms with E-state index in [0.29, 0.717) is 12.8 Å². The molecule has 17 unspecified atom stereocenters. The number of aliphatic hydroxyl groups excluding tert-OH is 11. The third-order valence-corrected chi connectivity index (χ3v) is 15.4. The van der Waals surface area contributed by atoms with Crippen molar-refractivity contribution >= 4 is 5.91 Å². The van der Waals surface area contributed by atoms with Gasteiger partial charge in [0.05, 0.1) is 38.6 Å². The highest BCUT2D eigenvalue weighted by Crippen LogP contribution is 2.33. The maximum Gasteiger partial charge on any atom is 0.220 e. The van der Waals surface area contributed by atoms with Crippen LogP contribution in [0.15, 0.2) is 85.1 Å². The number of carbonyl (C=O) groups is 1. The lowest BCUT2D eigenvalue weighted by Gasteiger charge is -2.48. The molecule has 17 atom stereocenters. The summed E-state index contributed by atoms with van der Waals surface area (Å²) < 4.78 is 34.1. The summed E-state index contributed by atoms with van der Waals surface area (Å²) in [7, 11) is 0. The number of hydrogen-bond acceptors (Lipinski definition) is 18. The third kappa shape index (κ3) is 29.8. The van der Waals surface area contributed by atoms with Gasteiger partial charge in [-0.25, -0.2) is 0 Å². The fourth-order valence-corrected chi connectivity index (χ4v) is 10.2. The Labute approximate surface area is 501 Å². The zero-order valence-electron chi connectivity index (χ0n) is 50.6. The molecule has 3 rings (SSSR count). The lowest BCUT2D eigenvalue weighted by molar-refractivity contribution is -0.379. The van der Waals surface area contributed by atoms with Crippen LogP contribution in [0.3, 0.4) is 0 Å². The summed E-state index contributed by atoms with van der Waals surface area (Å²) >= 11 is 0. The Bertz CT molecular complexity index is 1860. The molecule has 3 fully saturated rings. The van der Waals surface area contributed by atoms with E-state index in [-0.39, 0.29) is 18.9 Å². The molecule has 0 spiro atoms. The minimum absolute atomic E-state index is 0.230. The fourth-order valence-electron chi connectivity index (χ4n) is 10.2. The molecular weight excluding hydrogens is 1080 g/mol. The highest BCUT2D eigenvalue weighted by atomic mass is 16.8. The number of unbranched alkanes of at least 4 members (excludes halogenated alkanes) is 18. The standard InChI is InChI=1S/C65H111NO18/c1-3-5-7-9-11-13-14-15-16-17-18-19-20-21-22-23-24-25-26-27-28-29-30-31-32-33-34-35-37-39-41-43-53(71)66-48(49(70)42-40-38-36-12-10-8-6-4-2)47-79-63-59(77)56(74)61(51(45-68)81-63)84-65-60(78)57(75)62(52(46-69)82-65)83-64-58(76)55(73)54(72)50(44-67)80-64/h5,7,10-13,15-16,18-19,21-22,40,42,48-52,54-65,67-70,72-78H,3-4,6,8-9,14,17,20,23-39,41,43-47H2,1-2H3,(H,66,71)/b7-5-,12-10+,13-11-,16-15-,19-18-,22-21-,42-40+. The van der Waals surface area contributed by atoms with E-state index in [1.165, 1.54) is 77.0 Å². The van der Waals surface area contributed by atoms with Gasteiger partial charge in [0, 0.05) is 6.42 Å². The van der Waals surface area contributed by atoms with Gasteiger partial charge in [0.25, 0.3) is 0 Å². The van der Waals surface area contributed by atoms with Gasteiger partial charge in [-0.2, -0.15) is 0 Å². The molecule has 19 nitrogen and oxygen atoms in total. The molecule has 3 heterocycles. The fraction of sp³-hybridized carbons (Fsp3) is 0.769. The summed E-state index contributed by atoms with van der Waals surface area (Å²) in [6, 6.07) is -0.991. The summed E-state index contributed by atoms with van der Waals surface area (Å²) in [5.74, 6) is -0.293. The number of nitrogens with one attached hydrogen (secondary N) is 1. The van der Waals surface area contributed by atoms with Gasteiger partial charge in [0.1, 0.15) is 73.2 Å². The molecule has 12 N–H and O–H groups in total. The molecule has 3 aliphatic rings. The first-order chi connectivity index (χ1) is 40.8. The Morgan fingerprint density at radius 3 is 1.33 bits per heavy atom. The lowest BCUT2D eigenvalue weighted by atomic mass is 9.96. The van der Waals surface area contributed by atoms with Crippen molar-refractivity contribution < 1.29 is 89.4 Å². The van der Waals surface area contributed by atoms with Crippen LogP contribution in [-0.4, -0.2) is 193 Å². The van der Waals surface area contributed by atoms with E-state index < -0.39 is 124 Å². The van der Waals surface area contributed by atoms with Crippen molar-refractivity contribution in [2.24, 2.45) is 0 Å². The highest BCUT2D eigenvalue weighted by Gasteiger charge is 2.53. The summed E-state index contributed by atoms with van der Waals surface area (Å²) in [6.07, 6.45) is 31.9. The molecule has 0 aromatic rings. The van der Waals surface area contributed by atoms with Gasteiger partial charge < -0.3 is 89.9 Å². The predicted molar refractivity (Wildman–Crippen MR) is 323 cm³/mol. The van der Waals surface area contributed by atoms with Gasteiger partial charge in [-0.1, -0.05) is 195 Å². The number of hydrogen-bond donors (Lipinski definition) is 12. The largest absolute Gasteiger partial charge is 0.394 e. The number of ether oxygens (including phenoxy) is 6. The van der Waals surface area contributed by atoms with E-state index in [0.717, 1.165) is 77.0 Å². The summed E-state index contributed by atoms with van der Waals surface area (Å²) in [5.41, 5.74) is 0. The average Bonchev–Trinajstić information content (AvgIpc) is 2.91. The Morgan fingerprint density at radius 1 is 0.440 bits per heavy atom. The van der Waals surface area contributed by atoms with Crippen LogP contribution < -0.4 is 5.32 Å². The zero-order valence-corrected chi connectivity index (χ0v) is 50.6. The second kappa shape index (κ2) is 47.0. The van der Waals surface area contributed by atoms with Crippen molar-refractivity contribution in [3.8, 4) is 0 Å². The van der Waals surface area contributed by atoms with Crippen molar-refractivity contribution in [3.63, 3.8) is 0 Å². The normalized spacial score (nSPS) is 29.8. The zero-order chi connectivity index (χ0) is 61.2. The first kappa shape index (κ1) is 75.2. The molecule has 84 heavy (non-hydrogen) atoms. The molecular formula is C65H111NO18. The van der Waals surface area contributed by atoms with Crippen molar-refractivity contribution in [1.82, 2.24) is 5.32 Å². The Kier molecular flexibility index (Phi) is 42.1. The van der Waals surface area contributed by atoms with Crippen molar-refractivity contribution in [3.05, 3.63) is 85.1 Å². The van der Waals surface area contributed by atoms with Gasteiger partial charge >= 0.3 is 0 Å². The molecule has 0 aromatic heterocycles. The van der Waals surface area contributed by atoms with Crippen LogP contribution in [0, 0.1) is 0 Å². The quantitative estimate of drug-likeness (QED) is 0.0221. The molecule has 0 bridgehead atoms. The van der Waals surface area contributed by atoms with Gasteiger partial charge in [-0.3, -0.25) is 4.79 Å². The number of carbonyl (C=O) groups excluding carboxylic acids is 1. The van der Waals surface area contributed by atoms with Gasteiger partial charge in [-0.15, -0.1) is 0 Å². The Balaban J connectivity index is 1.35. The molecule has 3 aliphatic heterocycles. The highest BCUT2D eigenvalue weighted by molar-refractivity contribution is 5.76.